The second kappa shape index (κ2) is 8.71. The molecule has 2 heterocycles. The molecule has 1 aliphatic carbocycles. The van der Waals surface area contributed by atoms with Gasteiger partial charge < -0.3 is 21.6 Å². The van der Waals surface area contributed by atoms with Crippen LogP contribution in [0.1, 0.15) is 55.8 Å². The summed E-state index contributed by atoms with van der Waals surface area (Å²) in [5.74, 6) is 0.714. The number of anilines is 2. The molecule has 4 rings (SSSR count). The minimum Gasteiger partial charge on any atom is -0.402 e. The van der Waals surface area contributed by atoms with E-state index < -0.39 is 5.60 Å². The molecule has 0 saturated heterocycles. The number of H-pyrrole nitrogens is 1. The first kappa shape index (κ1) is 22.5. The molecule has 32 heavy (non-hydrogen) atoms. The summed E-state index contributed by atoms with van der Waals surface area (Å²) in [4.78, 5) is 0. The van der Waals surface area contributed by atoms with E-state index in [1.165, 1.54) is 0 Å². The molecule has 1 fully saturated rings. The summed E-state index contributed by atoms with van der Waals surface area (Å²) in [6, 6.07) is 5.64. The normalized spacial score (nSPS) is 21.5. The Hall–Kier alpha value is -2.65. The number of nitrogens with two attached hydrogens (primary N) is 1. The molecule has 0 bridgehead atoms. The van der Waals surface area contributed by atoms with Gasteiger partial charge in [-0.15, -0.1) is 0 Å². The monoisotopic (exact) mass is 457 g/mol. The zero-order chi connectivity index (χ0) is 23.0. The van der Waals surface area contributed by atoms with Crippen LogP contribution in [0, 0.1) is 17.1 Å². The van der Waals surface area contributed by atoms with Crippen LogP contribution in [0.2, 0.25) is 0 Å². The summed E-state index contributed by atoms with van der Waals surface area (Å²) < 4.78 is 16.7. The maximum Gasteiger partial charge on any atom is 0.263 e. The summed E-state index contributed by atoms with van der Waals surface area (Å²) in [5, 5.41) is 28.4. The van der Waals surface area contributed by atoms with Gasteiger partial charge in [-0.25, -0.2) is 4.39 Å². The summed E-state index contributed by atoms with van der Waals surface area (Å²) in [6.07, 6.45) is 5.03. The van der Waals surface area contributed by atoms with Gasteiger partial charge in [-0.3, -0.25) is 5.10 Å². The Kier molecular flexibility index (Phi) is 6.13. The summed E-state index contributed by atoms with van der Waals surface area (Å²) in [5.41, 5.74) is 8.80. The van der Waals surface area contributed by atoms with Crippen LogP contribution in [0.5, 0.6) is 0 Å². The van der Waals surface area contributed by atoms with Crippen LogP contribution in [0.4, 0.5) is 15.9 Å². The lowest BCUT2D eigenvalue weighted by atomic mass is 9.96. The van der Waals surface area contributed by atoms with Crippen LogP contribution in [-0.4, -0.2) is 37.1 Å². The first-order valence-corrected chi connectivity index (χ1v) is 11.3. The zero-order valence-electron chi connectivity index (χ0n) is 18.4. The second-order valence-corrected chi connectivity index (χ2v) is 9.85. The molecule has 6 N–H and O–H groups in total. The predicted octanol–water partition coefficient (Wildman–Crippen LogP) is 3.61. The summed E-state index contributed by atoms with van der Waals surface area (Å²) in [7, 11) is 0. The van der Waals surface area contributed by atoms with Crippen LogP contribution in [0.15, 0.2) is 30.0 Å². The maximum atomic E-state index is 15.0. The highest BCUT2D eigenvalue weighted by Gasteiger charge is 2.30. The molecule has 2 atom stereocenters. The Morgan fingerprint density at radius 1 is 1.44 bits per heavy atom. The number of aliphatic hydroxyl groups is 1. The van der Waals surface area contributed by atoms with Crippen molar-refractivity contribution in [3.8, 4) is 0 Å². The molecule has 0 radical (unpaired) electrons. The van der Waals surface area contributed by atoms with E-state index in [1.807, 2.05) is 12.1 Å². The van der Waals surface area contributed by atoms with Crippen LogP contribution in [0.3, 0.4) is 0 Å². The fourth-order valence-electron chi connectivity index (χ4n) is 4.44. The van der Waals surface area contributed by atoms with Crippen LogP contribution < -0.4 is 11.1 Å². The number of hydrogen-bond acceptors (Lipinski definition) is 6. The van der Waals surface area contributed by atoms with Gasteiger partial charge in [0.25, 0.3) is 12.4 Å². The van der Waals surface area contributed by atoms with Crippen LogP contribution in [0.25, 0.3) is 0 Å². The van der Waals surface area contributed by atoms with E-state index in [1.54, 1.807) is 29.9 Å². The van der Waals surface area contributed by atoms with Gasteiger partial charge in [0, 0.05) is 29.8 Å². The van der Waals surface area contributed by atoms with Crippen LogP contribution in [-0.2, 0) is 25.4 Å². The van der Waals surface area contributed by atoms with E-state index in [-0.39, 0.29) is 23.4 Å². The van der Waals surface area contributed by atoms with E-state index in [9.17, 15) is 5.11 Å². The first-order chi connectivity index (χ1) is 15.1. The fourth-order valence-corrected chi connectivity index (χ4v) is 4.66. The molecule has 7 nitrogen and oxygen atoms in total. The van der Waals surface area contributed by atoms with E-state index in [4.69, 9.17) is 23.6 Å². The van der Waals surface area contributed by atoms with Gasteiger partial charge in [-0.1, -0.05) is 6.07 Å². The number of nitrogens with zero attached hydrogens (tertiary/aromatic N) is 2. The minimum atomic E-state index is -1.21. The number of allylic oxidation sites excluding steroid dienone is 1. The highest BCUT2D eigenvalue weighted by molar-refractivity contribution is 7.44. The molecule has 1 aliphatic heterocycles. The number of halogens is 1. The van der Waals surface area contributed by atoms with Crippen LogP contribution >= 0.6 is 0 Å². The zero-order valence-corrected chi connectivity index (χ0v) is 19.2. The number of benzene rings is 1. The molecular weight excluding hydrogens is 427 g/mol. The first-order valence-electron chi connectivity index (χ1n) is 10.9. The van der Waals surface area contributed by atoms with Crippen molar-refractivity contribution in [1.29, 1.82) is 5.41 Å². The van der Waals surface area contributed by atoms with Crippen molar-refractivity contribution in [3.05, 3.63) is 52.6 Å². The second-order valence-electron chi connectivity index (χ2n) is 9.34. The molecule has 170 valence electrons. The van der Waals surface area contributed by atoms with Gasteiger partial charge in [0.1, 0.15) is 5.60 Å². The van der Waals surface area contributed by atoms with Gasteiger partial charge in [0.05, 0.1) is 17.0 Å². The predicted molar refractivity (Wildman–Crippen MR) is 125 cm³/mol. The Balaban J connectivity index is 1.43. The number of aromatic amines is 1. The van der Waals surface area contributed by atoms with Crippen molar-refractivity contribution in [2.75, 3.05) is 11.9 Å². The fraction of sp³-hybridized carbons (Fsp3) is 0.478. The summed E-state index contributed by atoms with van der Waals surface area (Å²) in [6.45, 7) is 4.35. The largest absolute Gasteiger partial charge is 0.402 e. The molecule has 9 heteroatoms. The summed E-state index contributed by atoms with van der Waals surface area (Å²) >= 11 is 5.22. The van der Waals surface area contributed by atoms with Crippen molar-refractivity contribution in [1.82, 2.24) is 10.2 Å². The van der Waals surface area contributed by atoms with Gasteiger partial charge in [-0.05, 0) is 56.7 Å². The third-order valence-corrected chi connectivity index (χ3v) is 6.79. The molecule has 2 aromatic rings. The Labute approximate surface area is 192 Å². The Bertz CT molecular complexity index is 1090. The molecule has 2 unspecified atom stereocenters. The highest BCUT2D eigenvalue weighted by Crippen LogP contribution is 2.40. The van der Waals surface area contributed by atoms with Crippen molar-refractivity contribution in [2.45, 2.75) is 57.6 Å². The number of nitrogens with one attached hydrogen (secondary N) is 3. The standard InChI is InChI=1S/C23H30FN6OS/c1-23(2,31)20(26)10-17(25)14-3-4-15(9-14)19-11-21(29-28-19)27-18-6-5-13-7-8-30(32)12-16(13)22(18)24/h5-6,10-11,14-15,26,31H,3-4,7-9,12,25H2,1-2H3,(H2,27,28,29)/q+1/b17-10-,26-20?. The van der Waals surface area contributed by atoms with E-state index in [0.29, 0.717) is 29.3 Å². The molecule has 1 saturated carbocycles. The highest BCUT2D eigenvalue weighted by atomic mass is 32.1. The molecule has 1 aromatic heterocycles. The number of rotatable bonds is 6. The van der Waals surface area contributed by atoms with Crippen molar-refractivity contribution < 1.29 is 13.4 Å². The van der Waals surface area contributed by atoms with Crippen molar-refractivity contribution in [3.63, 3.8) is 0 Å². The average Bonchev–Trinajstić information content (AvgIpc) is 3.39. The van der Waals surface area contributed by atoms with E-state index >= 15 is 4.39 Å². The number of hydrogen-bond donors (Lipinski definition) is 5. The van der Waals surface area contributed by atoms with Gasteiger partial charge in [-0.2, -0.15) is 9.04 Å². The quantitative estimate of drug-likeness (QED) is 0.336. The lowest BCUT2D eigenvalue weighted by Gasteiger charge is -2.18. The van der Waals surface area contributed by atoms with E-state index in [0.717, 1.165) is 43.5 Å². The smallest absolute Gasteiger partial charge is 0.263 e. The van der Waals surface area contributed by atoms with Crippen molar-refractivity contribution in [2.24, 2.45) is 11.7 Å². The SMILES string of the molecule is CC(C)(O)C(=N)/C=C(\N)C1CCC(c2cc(Nc3ccc4c(c3F)C[N+](=S)CC4)n[nH]2)C1. The molecule has 0 spiro atoms. The van der Waals surface area contributed by atoms with Gasteiger partial charge in [0.15, 0.2) is 24.7 Å². The third-order valence-electron chi connectivity index (χ3n) is 6.48. The number of aromatic nitrogens is 2. The Morgan fingerprint density at radius 3 is 2.97 bits per heavy atom. The van der Waals surface area contributed by atoms with E-state index in [2.05, 4.69) is 15.5 Å². The average molecular weight is 458 g/mol. The molecule has 1 aromatic carbocycles. The molecular formula is C23H30FN6OS+. The third kappa shape index (κ3) is 4.73. The molecule has 0 amide bonds. The molecule has 2 aliphatic rings. The number of fused-ring (bicyclic) bond motifs is 1. The van der Waals surface area contributed by atoms with Gasteiger partial charge in [0.2, 0.25) is 0 Å². The minimum absolute atomic E-state index is 0.109. The lowest BCUT2D eigenvalue weighted by Crippen LogP contribution is -2.30. The Morgan fingerprint density at radius 2 is 2.22 bits per heavy atom. The topological polar surface area (TPSA) is 114 Å². The maximum absolute atomic E-state index is 15.0. The lowest BCUT2D eigenvalue weighted by molar-refractivity contribution is -0.518. The van der Waals surface area contributed by atoms with Crippen molar-refractivity contribution >= 4 is 29.6 Å². The van der Waals surface area contributed by atoms with Gasteiger partial charge >= 0.3 is 0 Å².